The van der Waals surface area contributed by atoms with Gasteiger partial charge in [0.15, 0.2) is 0 Å². The molecule has 4 heteroatoms. The van der Waals surface area contributed by atoms with Crippen molar-refractivity contribution in [1.29, 1.82) is 0 Å². The van der Waals surface area contributed by atoms with Crippen molar-refractivity contribution in [3.05, 3.63) is 64.3 Å². The molecule has 0 saturated heterocycles. The molecule has 1 heterocycles. The monoisotopic (exact) mass is 344 g/mol. The summed E-state index contributed by atoms with van der Waals surface area (Å²) in [4.78, 5) is 15.9. The van der Waals surface area contributed by atoms with Gasteiger partial charge in [-0.3, -0.25) is 4.79 Å². The third-order valence-electron chi connectivity index (χ3n) is 3.01. The first-order valence-electron chi connectivity index (χ1n) is 6.75. The molecule has 0 unspecified atom stereocenters. The number of anilines is 1. The zero-order chi connectivity index (χ0) is 15.2. The number of pyridine rings is 1. The lowest BCUT2D eigenvalue weighted by Crippen LogP contribution is -2.08. The van der Waals surface area contributed by atoms with Gasteiger partial charge in [0.1, 0.15) is 5.82 Å². The van der Waals surface area contributed by atoms with E-state index in [1.165, 1.54) is 11.6 Å². The molecule has 0 aliphatic heterocycles. The van der Waals surface area contributed by atoms with Gasteiger partial charge in [0, 0.05) is 16.7 Å². The van der Waals surface area contributed by atoms with Gasteiger partial charge in [-0.25, -0.2) is 4.98 Å². The Labute approximate surface area is 133 Å². The van der Waals surface area contributed by atoms with Crippen LogP contribution in [0.5, 0.6) is 0 Å². The minimum absolute atomic E-state index is 0.197. The minimum Gasteiger partial charge on any atom is -0.307 e. The molecule has 0 aliphatic carbocycles. The number of nitrogens with one attached hydrogen (secondary N) is 1. The predicted molar refractivity (Wildman–Crippen MR) is 90.1 cm³/mol. The Hall–Kier alpha value is -1.94. The summed E-state index contributed by atoms with van der Waals surface area (Å²) in [6.45, 7) is 4.31. The standard InChI is InChI=1S/C17H17BrN2O/c1-12(2)14-6-3-13(4-7-14)5-10-17(21)20-16-9-8-15(18)11-19-16/h3-12H,1-2H3,(H,19,20,21)/b10-5+. The molecule has 2 aromatic rings. The molecule has 0 radical (unpaired) electrons. The van der Waals surface area contributed by atoms with Gasteiger partial charge in [-0.1, -0.05) is 38.1 Å². The van der Waals surface area contributed by atoms with Gasteiger partial charge in [-0.15, -0.1) is 0 Å². The summed E-state index contributed by atoms with van der Waals surface area (Å²) in [5.41, 5.74) is 2.29. The second-order valence-corrected chi connectivity index (χ2v) is 5.92. The fraction of sp³-hybridized carbons (Fsp3) is 0.176. The van der Waals surface area contributed by atoms with Crippen LogP contribution in [0.2, 0.25) is 0 Å². The zero-order valence-electron chi connectivity index (χ0n) is 12.0. The van der Waals surface area contributed by atoms with Crippen molar-refractivity contribution in [2.24, 2.45) is 0 Å². The Balaban J connectivity index is 1.96. The van der Waals surface area contributed by atoms with Crippen molar-refractivity contribution in [2.45, 2.75) is 19.8 Å². The van der Waals surface area contributed by atoms with Crippen LogP contribution in [0, 0.1) is 0 Å². The summed E-state index contributed by atoms with van der Waals surface area (Å²) in [5.74, 6) is 0.843. The first kappa shape index (κ1) is 15.4. The SMILES string of the molecule is CC(C)c1ccc(/C=C/C(=O)Nc2ccc(Br)cn2)cc1. The van der Waals surface area contributed by atoms with Crippen molar-refractivity contribution in [2.75, 3.05) is 5.32 Å². The molecule has 0 aliphatic rings. The van der Waals surface area contributed by atoms with Gasteiger partial charge in [0.2, 0.25) is 5.91 Å². The first-order valence-corrected chi connectivity index (χ1v) is 7.54. The number of benzene rings is 1. The second-order valence-electron chi connectivity index (χ2n) is 5.01. The average Bonchev–Trinajstić information content (AvgIpc) is 2.48. The van der Waals surface area contributed by atoms with E-state index in [9.17, 15) is 4.79 Å². The lowest BCUT2D eigenvalue weighted by Gasteiger charge is -2.04. The van der Waals surface area contributed by atoms with Gasteiger partial charge in [0.25, 0.3) is 0 Å². The maximum atomic E-state index is 11.8. The van der Waals surface area contributed by atoms with E-state index in [1.807, 2.05) is 18.2 Å². The van der Waals surface area contributed by atoms with Gasteiger partial charge >= 0.3 is 0 Å². The number of hydrogen-bond acceptors (Lipinski definition) is 2. The number of halogens is 1. The molecule has 0 spiro atoms. The topological polar surface area (TPSA) is 42.0 Å². The highest BCUT2D eigenvalue weighted by molar-refractivity contribution is 9.10. The average molecular weight is 345 g/mol. The highest BCUT2D eigenvalue weighted by Gasteiger charge is 2.00. The summed E-state index contributed by atoms with van der Waals surface area (Å²) < 4.78 is 0.876. The van der Waals surface area contributed by atoms with E-state index in [0.29, 0.717) is 11.7 Å². The molecule has 0 fully saturated rings. The van der Waals surface area contributed by atoms with Crippen LogP contribution in [-0.4, -0.2) is 10.9 Å². The zero-order valence-corrected chi connectivity index (χ0v) is 13.6. The van der Waals surface area contributed by atoms with E-state index < -0.39 is 0 Å². The van der Waals surface area contributed by atoms with Crippen LogP contribution in [0.15, 0.2) is 53.1 Å². The maximum Gasteiger partial charge on any atom is 0.249 e. The van der Waals surface area contributed by atoms with Crippen molar-refractivity contribution < 1.29 is 4.79 Å². The van der Waals surface area contributed by atoms with Gasteiger partial charge < -0.3 is 5.32 Å². The Morgan fingerprint density at radius 3 is 2.48 bits per heavy atom. The van der Waals surface area contributed by atoms with Crippen molar-refractivity contribution in [3.8, 4) is 0 Å². The number of aromatic nitrogens is 1. The molecule has 0 bridgehead atoms. The molecule has 3 nitrogen and oxygen atoms in total. The van der Waals surface area contributed by atoms with Crippen LogP contribution < -0.4 is 5.32 Å². The lowest BCUT2D eigenvalue weighted by atomic mass is 10.0. The second kappa shape index (κ2) is 7.18. The number of hydrogen-bond donors (Lipinski definition) is 1. The molecule has 1 amide bonds. The summed E-state index contributed by atoms with van der Waals surface area (Å²) in [6.07, 6.45) is 4.94. The van der Waals surface area contributed by atoms with E-state index in [1.54, 1.807) is 18.3 Å². The summed E-state index contributed by atoms with van der Waals surface area (Å²) in [7, 11) is 0. The van der Waals surface area contributed by atoms with Crippen molar-refractivity contribution >= 4 is 33.7 Å². The minimum atomic E-state index is -0.197. The molecular weight excluding hydrogens is 328 g/mol. The lowest BCUT2D eigenvalue weighted by molar-refractivity contribution is -0.111. The third kappa shape index (κ3) is 4.83. The van der Waals surface area contributed by atoms with Crippen LogP contribution in [0.3, 0.4) is 0 Å². The maximum absolute atomic E-state index is 11.8. The van der Waals surface area contributed by atoms with Crippen LogP contribution in [0.4, 0.5) is 5.82 Å². The normalized spacial score (nSPS) is 11.0. The van der Waals surface area contributed by atoms with Crippen LogP contribution in [0.25, 0.3) is 6.08 Å². The fourth-order valence-electron chi connectivity index (χ4n) is 1.78. The van der Waals surface area contributed by atoms with E-state index in [4.69, 9.17) is 0 Å². The Morgan fingerprint density at radius 2 is 1.90 bits per heavy atom. The van der Waals surface area contributed by atoms with Gasteiger partial charge in [0.05, 0.1) is 0 Å². The predicted octanol–water partition coefficient (Wildman–Crippen LogP) is 4.62. The number of nitrogens with zero attached hydrogens (tertiary/aromatic N) is 1. The molecule has 108 valence electrons. The molecule has 1 N–H and O–H groups in total. The summed E-state index contributed by atoms with van der Waals surface area (Å²) in [6, 6.07) is 11.8. The quantitative estimate of drug-likeness (QED) is 0.822. The van der Waals surface area contributed by atoms with E-state index in [0.717, 1.165) is 10.0 Å². The first-order chi connectivity index (χ1) is 10.0. The Bertz CT molecular complexity index is 631. The van der Waals surface area contributed by atoms with Crippen LogP contribution in [-0.2, 0) is 4.79 Å². The Kier molecular flexibility index (Phi) is 5.28. The molecule has 1 aromatic heterocycles. The molecule has 2 rings (SSSR count). The number of rotatable bonds is 4. The van der Waals surface area contributed by atoms with Crippen molar-refractivity contribution in [1.82, 2.24) is 4.98 Å². The Morgan fingerprint density at radius 1 is 1.19 bits per heavy atom. The van der Waals surface area contributed by atoms with Gasteiger partial charge in [-0.2, -0.15) is 0 Å². The van der Waals surface area contributed by atoms with E-state index >= 15 is 0 Å². The largest absolute Gasteiger partial charge is 0.307 e. The summed E-state index contributed by atoms with van der Waals surface area (Å²) in [5, 5.41) is 2.71. The smallest absolute Gasteiger partial charge is 0.249 e. The molecule has 21 heavy (non-hydrogen) atoms. The molecular formula is C17H17BrN2O. The van der Waals surface area contributed by atoms with Crippen LogP contribution >= 0.6 is 15.9 Å². The summed E-state index contributed by atoms with van der Waals surface area (Å²) >= 11 is 3.30. The molecule has 1 aromatic carbocycles. The van der Waals surface area contributed by atoms with E-state index in [-0.39, 0.29) is 5.91 Å². The van der Waals surface area contributed by atoms with Gasteiger partial charge in [-0.05, 0) is 51.2 Å². The third-order valence-corrected chi connectivity index (χ3v) is 3.48. The van der Waals surface area contributed by atoms with Crippen molar-refractivity contribution in [3.63, 3.8) is 0 Å². The fourth-order valence-corrected chi connectivity index (χ4v) is 2.02. The molecule has 0 atom stereocenters. The number of carbonyl (C=O) groups excluding carboxylic acids is 1. The van der Waals surface area contributed by atoms with Crippen LogP contribution in [0.1, 0.15) is 30.9 Å². The highest BCUT2D eigenvalue weighted by atomic mass is 79.9. The molecule has 0 saturated carbocycles. The number of carbonyl (C=O) groups is 1. The highest BCUT2D eigenvalue weighted by Crippen LogP contribution is 2.15. The van der Waals surface area contributed by atoms with E-state index in [2.05, 4.69) is 52.2 Å². The number of amides is 1.